The van der Waals surface area contributed by atoms with E-state index in [1.165, 1.54) is 238 Å². The second-order valence-corrected chi connectivity index (χ2v) is 21.1. The van der Waals surface area contributed by atoms with E-state index in [2.05, 4.69) is 31.3 Å². The molecule has 6 N–H and O–H groups in total. The number of hydrogen-bond donors (Lipinski definition) is 6. The summed E-state index contributed by atoms with van der Waals surface area (Å²) in [7, 11) is 0. The average Bonchev–Trinajstić information content (AvgIpc) is 3.34. The number of carbonyl (C=O) groups is 1. The zero-order chi connectivity index (χ0) is 49.4. The number of hydrogen-bond acceptors (Lipinski definition) is 8. The van der Waals surface area contributed by atoms with Crippen LogP contribution in [0.1, 0.15) is 303 Å². The van der Waals surface area contributed by atoms with Gasteiger partial charge in [-0.15, -0.1) is 0 Å². The van der Waals surface area contributed by atoms with Gasteiger partial charge in [0.15, 0.2) is 6.29 Å². The highest BCUT2D eigenvalue weighted by molar-refractivity contribution is 5.76. The van der Waals surface area contributed by atoms with Crippen molar-refractivity contribution < 1.29 is 39.8 Å². The SMILES string of the molecule is CCCCCCCCC/C=C\CCCCCCCCCC(=O)NC(COC1OC(CO)C(O)C(O)C1O)C(O)CCCCCCCCCCCCCCCCCCCCCCCCCCCCC. The van der Waals surface area contributed by atoms with Crippen LogP contribution in [0.2, 0.25) is 0 Å². The third-order valence-electron chi connectivity index (χ3n) is 14.6. The fourth-order valence-corrected chi connectivity index (χ4v) is 9.87. The molecule has 0 radical (unpaired) electrons. The average molecular weight is 967 g/mol. The van der Waals surface area contributed by atoms with Crippen molar-refractivity contribution in [2.45, 2.75) is 346 Å². The fraction of sp³-hybridized carbons (Fsp3) is 0.949. The molecule has 0 aromatic heterocycles. The molecule has 1 heterocycles. The van der Waals surface area contributed by atoms with Crippen molar-refractivity contribution in [3.8, 4) is 0 Å². The monoisotopic (exact) mass is 966 g/mol. The molecule has 0 bridgehead atoms. The summed E-state index contributed by atoms with van der Waals surface area (Å²) in [6.07, 6.45) is 53.9. The van der Waals surface area contributed by atoms with E-state index < -0.39 is 49.5 Å². The Balaban J connectivity index is 2.17. The van der Waals surface area contributed by atoms with Crippen LogP contribution in [0.25, 0.3) is 0 Å². The Morgan fingerprint density at radius 2 is 0.824 bits per heavy atom. The molecule has 68 heavy (non-hydrogen) atoms. The van der Waals surface area contributed by atoms with Crippen LogP contribution in [0.4, 0.5) is 0 Å². The van der Waals surface area contributed by atoms with Crippen LogP contribution >= 0.6 is 0 Å². The van der Waals surface area contributed by atoms with Gasteiger partial charge in [-0.25, -0.2) is 0 Å². The van der Waals surface area contributed by atoms with E-state index in [1.54, 1.807) is 0 Å². The van der Waals surface area contributed by atoms with Gasteiger partial charge in [0.1, 0.15) is 24.4 Å². The van der Waals surface area contributed by atoms with E-state index in [9.17, 15) is 30.3 Å². The lowest BCUT2D eigenvalue weighted by Crippen LogP contribution is -2.60. The number of aliphatic hydroxyl groups excluding tert-OH is 5. The maximum absolute atomic E-state index is 13.1. The Bertz CT molecular complexity index is 1080. The number of carbonyl (C=O) groups excluding carboxylic acids is 1. The number of unbranched alkanes of at least 4 members (excludes halogenated alkanes) is 40. The molecular formula is C59H115NO8. The summed E-state index contributed by atoms with van der Waals surface area (Å²) in [6, 6.07) is -0.719. The van der Waals surface area contributed by atoms with E-state index in [0.717, 1.165) is 38.5 Å². The maximum atomic E-state index is 13.1. The minimum Gasteiger partial charge on any atom is -0.394 e. The van der Waals surface area contributed by atoms with E-state index in [0.29, 0.717) is 12.8 Å². The molecular weight excluding hydrogens is 851 g/mol. The van der Waals surface area contributed by atoms with Gasteiger partial charge in [0.05, 0.1) is 25.4 Å². The number of rotatable bonds is 52. The number of aliphatic hydroxyl groups is 5. The third-order valence-corrected chi connectivity index (χ3v) is 14.6. The summed E-state index contributed by atoms with van der Waals surface area (Å²) in [5.74, 6) is -0.144. The summed E-state index contributed by atoms with van der Waals surface area (Å²) in [6.45, 7) is 3.87. The molecule has 1 aliphatic rings. The van der Waals surface area contributed by atoms with Crippen molar-refractivity contribution in [1.82, 2.24) is 5.32 Å². The topological polar surface area (TPSA) is 149 Å². The first kappa shape index (κ1) is 64.9. The number of ether oxygens (including phenoxy) is 2. The van der Waals surface area contributed by atoms with Crippen molar-refractivity contribution in [3.05, 3.63) is 12.2 Å². The van der Waals surface area contributed by atoms with Crippen molar-refractivity contribution in [1.29, 1.82) is 0 Å². The van der Waals surface area contributed by atoms with Gasteiger partial charge in [0.2, 0.25) is 5.91 Å². The summed E-state index contributed by atoms with van der Waals surface area (Å²) >= 11 is 0. The Morgan fingerprint density at radius 1 is 0.485 bits per heavy atom. The molecule has 7 unspecified atom stereocenters. The molecule has 0 saturated carbocycles. The van der Waals surface area contributed by atoms with Gasteiger partial charge < -0.3 is 40.3 Å². The molecule has 9 nitrogen and oxygen atoms in total. The fourth-order valence-electron chi connectivity index (χ4n) is 9.87. The van der Waals surface area contributed by atoms with Crippen LogP contribution in [-0.2, 0) is 14.3 Å². The first-order chi connectivity index (χ1) is 33.3. The van der Waals surface area contributed by atoms with Crippen LogP contribution in [0.5, 0.6) is 0 Å². The van der Waals surface area contributed by atoms with Crippen LogP contribution in [0.15, 0.2) is 12.2 Å². The third kappa shape index (κ3) is 38.6. The zero-order valence-corrected chi connectivity index (χ0v) is 44.9. The smallest absolute Gasteiger partial charge is 0.220 e. The molecule has 1 fully saturated rings. The lowest BCUT2D eigenvalue weighted by atomic mass is 9.99. The maximum Gasteiger partial charge on any atom is 0.220 e. The van der Waals surface area contributed by atoms with E-state index in [4.69, 9.17) is 9.47 Å². The molecule has 0 aromatic carbocycles. The number of allylic oxidation sites excluding steroid dienone is 2. The molecule has 0 spiro atoms. The largest absolute Gasteiger partial charge is 0.394 e. The first-order valence-corrected chi connectivity index (χ1v) is 29.9. The second-order valence-electron chi connectivity index (χ2n) is 21.1. The van der Waals surface area contributed by atoms with Crippen molar-refractivity contribution in [3.63, 3.8) is 0 Å². The lowest BCUT2D eigenvalue weighted by molar-refractivity contribution is -0.302. The Hall–Kier alpha value is -1.07. The van der Waals surface area contributed by atoms with Crippen LogP contribution in [-0.4, -0.2) is 87.5 Å². The summed E-state index contributed by atoms with van der Waals surface area (Å²) in [5.41, 5.74) is 0. The van der Waals surface area contributed by atoms with Gasteiger partial charge in [-0.1, -0.05) is 270 Å². The first-order valence-electron chi connectivity index (χ1n) is 29.9. The summed E-state index contributed by atoms with van der Waals surface area (Å²) < 4.78 is 11.3. The normalized spacial score (nSPS) is 19.5. The molecule has 0 aromatic rings. The van der Waals surface area contributed by atoms with E-state index in [1.807, 2.05) is 0 Å². The van der Waals surface area contributed by atoms with Gasteiger partial charge in [-0.2, -0.15) is 0 Å². The molecule has 1 saturated heterocycles. The molecule has 1 aliphatic heterocycles. The van der Waals surface area contributed by atoms with Crippen LogP contribution < -0.4 is 5.32 Å². The van der Waals surface area contributed by atoms with E-state index >= 15 is 0 Å². The molecule has 1 rings (SSSR count). The highest BCUT2D eigenvalue weighted by atomic mass is 16.7. The second kappa shape index (κ2) is 49.5. The lowest BCUT2D eigenvalue weighted by Gasteiger charge is -2.40. The standard InChI is InChI=1S/C59H115NO8/c1-3-5-7-9-11-13-15-17-19-21-23-24-25-26-27-28-29-30-31-32-34-36-38-40-42-44-46-48-53(62)52(51-67-59-58(66)57(65)56(64)54(50-61)68-59)60-55(63)49-47-45-43-41-39-37-35-33-22-20-18-16-14-12-10-8-6-4-2/h20,22,52-54,56-59,61-62,64-66H,3-19,21,23-51H2,1-2H3,(H,60,63)/b22-20-. The minimum absolute atomic E-state index is 0.135. The summed E-state index contributed by atoms with van der Waals surface area (Å²) in [5, 5.41) is 54.7. The summed E-state index contributed by atoms with van der Waals surface area (Å²) in [4.78, 5) is 13.1. The molecule has 0 aliphatic carbocycles. The van der Waals surface area contributed by atoms with Gasteiger partial charge in [0, 0.05) is 6.42 Å². The minimum atomic E-state index is -1.55. The highest BCUT2D eigenvalue weighted by Crippen LogP contribution is 2.23. The Morgan fingerprint density at radius 3 is 1.19 bits per heavy atom. The Kier molecular flexibility index (Phi) is 47.3. The van der Waals surface area contributed by atoms with Crippen molar-refractivity contribution >= 4 is 5.91 Å². The Labute approximate surface area is 420 Å². The highest BCUT2D eigenvalue weighted by Gasteiger charge is 2.44. The predicted molar refractivity (Wildman–Crippen MR) is 286 cm³/mol. The molecule has 7 atom stereocenters. The zero-order valence-electron chi connectivity index (χ0n) is 44.9. The molecule has 404 valence electrons. The number of amides is 1. The quantitative estimate of drug-likeness (QED) is 0.0261. The van der Waals surface area contributed by atoms with Crippen molar-refractivity contribution in [2.75, 3.05) is 13.2 Å². The van der Waals surface area contributed by atoms with Gasteiger partial charge in [-0.3, -0.25) is 4.79 Å². The van der Waals surface area contributed by atoms with Gasteiger partial charge in [-0.05, 0) is 38.5 Å². The van der Waals surface area contributed by atoms with Crippen LogP contribution in [0.3, 0.4) is 0 Å². The molecule has 9 heteroatoms. The van der Waals surface area contributed by atoms with Gasteiger partial charge >= 0.3 is 0 Å². The van der Waals surface area contributed by atoms with Crippen molar-refractivity contribution in [2.24, 2.45) is 0 Å². The molecule has 1 amide bonds. The predicted octanol–water partition coefficient (Wildman–Crippen LogP) is 14.8. The van der Waals surface area contributed by atoms with E-state index in [-0.39, 0.29) is 12.5 Å². The van der Waals surface area contributed by atoms with Crippen LogP contribution in [0, 0.1) is 0 Å². The van der Waals surface area contributed by atoms with Gasteiger partial charge in [0.25, 0.3) is 0 Å². The number of nitrogens with one attached hydrogen (secondary N) is 1.